The highest BCUT2D eigenvalue weighted by molar-refractivity contribution is 7.22. The van der Waals surface area contributed by atoms with E-state index in [1.54, 1.807) is 30.3 Å². The SMILES string of the molecule is CCCCOc1cccc(C(=O)N(Cc2ccccn2)c2nc3c(OC)ccc(C)c3s2)c1. The van der Waals surface area contributed by atoms with Gasteiger partial charge in [-0.05, 0) is 55.3 Å². The second kappa shape index (κ2) is 10.4. The highest BCUT2D eigenvalue weighted by Gasteiger charge is 2.24. The van der Waals surface area contributed by atoms with E-state index >= 15 is 0 Å². The number of amides is 1. The smallest absolute Gasteiger partial charge is 0.260 e. The highest BCUT2D eigenvalue weighted by atomic mass is 32.1. The first-order chi connectivity index (χ1) is 16.1. The fourth-order valence-electron chi connectivity index (χ4n) is 3.47. The molecule has 0 N–H and O–H groups in total. The number of benzene rings is 2. The maximum Gasteiger partial charge on any atom is 0.260 e. The molecule has 1 amide bonds. The van der Waals surface area contributed by atoms with E-state index in [9.17, 15) is 4.79 Å². The molecule has 0 unspecified atom stereocenters. The molecule has 6 nitrogen and oxygen atoms in total. The van der Waals surface area contributed by atoms with Gasteiger partial charge in [0.15, 0.2) is 5.13 Å². The molecule has 0 radical (unpaired) electrons. The number of thiazole rings is 1. The van der Waals surface area contributed by atoms with Gasteiger partial charge in [-0.3, -0.25) is 14.7 Å². The molecule has 33 heavy (non-hydrogen) atoms. The van der Waals surface area contributed by atoms with E-state index in [1.807, 2.05) is 49.4 Å². The molecule has 2 aromatic heterocycles. The molecule has 0 aliphatic heterocycles. The number of hydrogen-bond donors (Lipinski definition) is 0. The Morgan fingerprint density at radius 2 is 2.00 bits per heavy atom. The van der Waals surface area contributed by atoms with Crippen molar-refractivity contribution in [1.29, 1.82) is 0 Å². The second-order valence-electron chi connectivity index (χ2n) is 7.70. The maximum absolute atomic E-state index is 13.7. The minimum Gasteiger partial charge on any atom is -0.494 e. The largest absolute Gasteiger partial charge is 0.494 e. The molecule has 2 aromatic carbocycles. The van der Waals surface area contributed by atoms with Crippen LogP contribution in [0.3, 0.4) is 0 Å². The summed E-state index contributed by atoms with van der Waals surface area (Å²) in [5, 5.41) is 0.602. The summed E-state index contributed by atoms with van der Waals surface area (Å²) in [5.41, 5.74) is 3.17. The first-order valence-corrected chi connectivity index (χ1v) is 11.8. The van der Waals surface area contributed by atoms with Crippen molar-refractivity contribution in [2.24, 2.45) is 0 Å². The van der Waals surface area contributed by atoms with Crippen LogP contribution in [0.15, 0.2) is 60.8 Å². The zero-order chi connectivity index (χ0) is 23.2. The lowest BCUT2D eigenvalue weighted by Gasteiger charge is -2.20. The van der Waals surface area contributed by atoms with Gasteiger partial charge in [0.1, 0.15) is 17.0 Å². The van der Waals surface area contributed by atoms with Crippen molar-refractivity contribution in [3.05, 3.63) is 77.6 Å². The lowest BCUT2D eigenvalue weighted by atomic mass is 10.2. The average molecular weight is 462 g/mol. The number of carbonyl (C=O) groups excluding carboxylic acids is 1. The number of aryl methyl sites for hydroxylation is 1. The van der Waals surface area contributed by atoms with E-state index in [2.05, 4.69) is 11.9 Å². The van der Waals surface area contributed by atoms with E-state index in [4.69, 9.17) is 14.5 Å². The minimum atomic E-state index is -0.155. The van der Waals surface area contributed by atoms with Crippen molar-refractivity contribution in [3.8, 4) is 11.5 Å². The van der Waals surface area contributed by atoms with Crippen molar-refractivity contribution in [3.63, 3.8) is 0 Å². The van der Waals surface area contributed by atoms with Gasteiger partial charge in [0, 0.05) is 11.8 Å². The monoisotopic (exact) mass is 461 g/mol. The van der Waals surface area contributed by atoms with Gasteiger partial charge in [-0.15, -0.1) is 0 Å². The lowest BCUT2D eigenvalue weighted by molar-refractivity contribution is 0.0984. The summed E-state index contributed by atoms with van der Waals surface area (Å²) in [4.78, 5) is 24.6. The molecule has 2 heterocycles. The van der Waals surface area contributed by atoms with Crippen molar-refractivity contribution in [2.75, 3.05) is 18.6 Å². The van der Waals surface area contributed by atoms with Crippen LogP contribution in [0.4, 0.5) is 5.13 Å². The predicted molar refractivity (Wildman–Crippen MR) is 133 cm³/mol. The number of hydrogen-bond acceptors (Lipinski definition) is 6. The molecule has 4 aromatic rings. The molecule has 0 saturated heterocycles. The zero-order valence-electron chi connectivity index (χ0n) is 19.1. The van der Waals surface area contributed by atoms with Gasteiger partial charge in [-0.2, -0.15) is 0 Å². The lowest BCUT2D eigenvalue weighted by Crippen LogP contribution is -2.30. The first-order valence-electron chi connectivity index (χ1n) is 11.0. The van der Waals surface area contributed by atoms with Gasteiger partial charge in [0.05, 0.1) is 30.7 Å². The van der Waals surface area contributed by atoms with Gasteiger partial charge in [-0.25, -0.2) is 4.98 Å². The van der Waals surface area contributed by atoms with Crippen molar-refractivity contribution < 1.29 is 14.3 Å². The van der Waals surface area contributed by atoms with Crippen LogP contribution in [-0.4, -0.2) is 29.6 Å². The minimum absolute atomic E-state index is 0.155. The molecule has 0 aliphatic carbocycles. The summed E-state index contributed by atoms with van der Waals surface area (Å²) in [7, 11) is 1.63. The number of nitrogens with zero attached hydrogens (tertiary/aromatic N) is 3. The Hall–Kier alpha value is -3.45. The van der Waals surface area contributed by atoms with Crippen molar-refractivity contribution in [1.82, 2.24) is 9.97 Å². The molecule has 0 aliphatic rings. The molecule has 0 atom stereocenters. The molecule has 7 heteroatoms. The van der Waals surface area contributed by atoms with Crippen molar-refractivity contribution >= 4 is 32.6 Å². The first kappa shape index (κ1) is 22.7. The molecular formula is C26H27N3O3S. The van der Waals surface area contributed by atoms with Crippen LogP contribution in [0.5, 0.6) is 11.5 Å². The number of anilines is 1. The number of unbranched alkanes of at least 4 members (excludes halogenated alkanes) is 1. The summed E-state index contributed by atoms with van der Waals surface area (Å²) in [6.45, 7) is 5.09. The Balaban J connectivity index is 1.73. The molecule has 170 valence electrons. The average Bonchev–Trinajstić information content (AvgIpc) is 3.30. The maximum atomic E-state index is 13.7. The standard InChI is InChI=1S/C26H27N3O3S/c1-4-5-15-32-21-11-8-9-19(16-21)25(30)29(17-20-10-6-7-14-27-20)26-28-23-22(31-3)13-12-18(2)24(23)33-26/h6-14,16H,4-5,15,17H2,1-3H3. The number of methoxy groups -OCH3 is 1. The fraction of sp³-hybridized carbons (Fsp3) is 0.269. The van der Waals surface area contributed by atoms with Crippen LogP contribution < -0.4 is 14.4 Å². The Kier molecular flexibility index (Phi) is 7.19. The second-order valence-corrected chi connectivity index (χ2v) is 8.68. The van der Waals surface area contributed by atoms with E-state index in [-0.39, 0.29) is 5.91 Å². The quantitative estimate of drug-likeness (QED) is 0.285. The molecule has 0 spiro atoms. The van der Waals surface area contributed by atoms with E-state index in [0.717, 1.165) is 34.3 Å². The van der Waals surface area contributed by atoms with Gasteiger partial charge in [-0.1, -0.05) is 42.9 Å². The summed E-state index contributed by atoms with van der Waals surface area (Å²) >= 11 is 1.48. The third-order valence-corrected chi connectivity index (χ3v) is 6.50. The number of carbonyl (C=O) groups is 1. The van der Waals surface area contributed by atoms with Gasteiger partial charge in [0.2, 0.25) is 0 Å². The normalized spacial score (nSPS) is 10.9. The topological polar surface area (TPSA) is 64.5 Å². The summed E-state index contributed by atoms with van der Waals surface area (Å²) < 4.78 is 12.3. The number of fused-ring (bicyclic) bond motifs is 1. The number of aromatic nitrogens is 2. The summed E-state index contributed by atoms with van der Waals surface area (Å²) in [6.07, 6.45) is 3.75. The number of pyridine rings is 1. The third kappa shape index (κ3) is 5.14. The van der Waals surface area contributed by atoms with Crippen LogP contribution in [0, 0.1) is 6.92 Å². The Morgan fingerprint density at radius 3 is 2.76 bits per heavy atom. The van der Waals surface area contributed by atoms with Crippen LogP contribution >= 0.6 is 11.3 Å². The molecular weight excluding hydrogens is 434 g/mol. The van der Waals surface area contributed by atoms with E-state index in [0.29, 0.717) is 35.3 Å². The van der Waals surface area contributed by atoms with Gasteiger partial charge in [0.25, 0.3) is 5.91 Å². The van der Waals surface area contributed by atoms with Crippen LogP contribution in [0.25, 0.3) is 10.2 Å². The summed E-state index contributed by atoms with van der Waals surface area (Å²) in [6, 6.07) is 16.9. The Labute approximate surface area is 197 Å². The van der Waals surface area contributed by atoms with E-state index < -0.39 is 0 Å². The third-order valence-electron chi connectivity index (χ3n) is 5.28. The van der Waals surface area contributed by atoms with Crippen molar-refractivity contribution in [2.45, 2.75) is 33.2 Å². The Morgan fingerprint density at radius 1 is 1.12 bits per heavy atom. The van der Waals surface area contributed by atoms with E-state index in [1.165, 1.54) is 11.3 Å². The van der Waals surface area contributed by atoms with Crippen LogP contribution in [0.1, 0.15) is 41.4 Å². The predicted octanol–water partition coefficient (Wildman–Crippen LogP) is 6.03. The number of ether oxygens (including phenoxy) is 2. The van der Waals surface area contributed by atoms with Gasteiger partial charge < -0.3 is 9.47 Å². The Bertz CT molecular complexity index is 1240. The number of rotatable bonds is 9. The highest BCUT2D eigenvalue weighted by Crippen LogP contribution is 2.37. The molecule has 0 bridgehead atoms. The van der Waals surface area contributed by atoms with Crippen LogP contribution in [-0.2, 0) is 6.54 Å². The summed E-state index contributed by atoms with van der Waals surface area (Å²) in [5.74, 6) is 1.22. The molecule has 0 saturated carbocycles. The van der Waals surface area contributed by atoms with Crippen LogP contribution in [0.2, 0.25) is 0 Å². The van der Waals surface area contributed by atoms with Gasteiger partial charge >= 0.3 is 0 Å². The molecule has 4 rings (SSSR count). The fourth-order valence-corrected chi connectivity index (χ4v) is 4.52. The molecule has 0 fully saturated rings. The zero-order valence-corrected chi connectivity index (χ0v) is 19.9.